The van der Waals surface area contributed by atoms with Crippen molar-refractivity contribution in [1.82, 2.24) is 0 Å². The highest BCUT2D eigenvalue weighted by Crippen LogP contribution is 2.21. The molecule has 0 heterocycles. The van der Waals surface area contributed by atoms with Gasteiger partial charge in [0, 0.05) is 5.56 Å². The molecule has 70 valence electrons. The maximum Gasteiger partial charge on any atom is 0.134 e. The minimum atomic E-state index is -0.792. The smallest absolute Gasteiger partial charge is 0.134 e. The summed E-state index contributed by atoms with van der Waals surface area (Å²) in [5.74, 6) is -1.22. The van der Waals surface area contributed by atoms with E-state index in [1.165, 1.54) is 18.2 Å². The lowest BCUT2D eigenvalue weighted by atomic mass is 10.0. The lowest BCUT2D eigenvalue weighted by Crippen LogP contribution is -2.12. The Morgan fingerprint density at radius 2 is 2.08 bits per heavy atom. The first-order chi connectivity index (χ1) is 6.07. The average molecular weight is 183 g/mol. The molecule has 1 atom stereocenters. The Hall–Kier alpha value is -1.22. The third-order valence-electron chi connectivity index (χ3n) is 1.91. The topological polar surface area (TPSA) is 26.0 Å². The average Bonchev–Trinajstić information content (AvgIpc) is 2.12. The largest absolute Gasteiger partial charge is 0.321 e. The number of rotatable bonds is 2. The standard InChI is InChI=1S/C10H11F2N/c1-3-8(13)9-7(11)5-4-6(2)10(9)12/h3-5,8H,1,13H2,2H3/t8-/m1/s1. The van der Waals surface area contributed by atoms with Crippen molar-refractivity contribution in [2.45, 2.75) is 13.0 Å². The highest BCUT2D eigenvalue weighted by molar-refractivity contribution is 5.30. The van der Waals surface area contributed by atoms with Crippen LogP contribution in [0.3, 0.4) is 0 Å². The van der Waals surface area contributed by atoms with Crippen LogP contribution in [-0.4, -0.2) is 0 Å². The van der Waals surface area contributed by atoms with Gasteiger partial charge in [0.25, 0.3) is 0 Å². The molecular formula is C10H11F2N. The van der Waals surface area contributed by atoms with Gasteiger partial charge in [0.15, 0.2) is 0 Å². The molecular weight excluding hydrogens is 172 g/mol. The van der Waals surface area contributed by atoms with Gasteiger partial charge in [0.05, 0.1) is 6.04 Å². The first kappa shape index (κ1) is 9.86. The molecule has 0 saturated heterocycles. The second-order valence-corrected chi connectivity index (χ2v) is 2.85. The van der Waals surface area contributed by atoms with E-state index in [9.17, 15) is 8.78 Å². The fourth-order valence-electron chi connectivity index (χ4n) is 1.10. The maximum absolute atomic E-state index is 13.3. The lowest BCUT2D eigenvalue weighted by molar-refractivity contribution is 0.541. The van der Waals surface area contributed by atoms with Gasteiger partial charge in [-0.25, -0.2) is 8.78 Å². The highest BCUT2D eigenvalue weighted by atomic mass is 19.1. The lowest BCUT2D eigenvalue weighted by Gasteiger charge is -2.10. The van der Waals surface area contributed by atoms with Crippen molar-refractivity contribution in [1.29, 1.82) is 0 Å². The van der Waals surface area contributed by atoms with Crippen molar-refractivity contribution in [2.24, 2.45) is 5.73 Å². The van der Waals surface area contributed by atoms with Gasteiger partial charge >= 0.3 is 0 Å². The predicted octanol–water partition coefficient (Wildman–Crippen LogP) is 2.46. The van der Waals surface area contributed by atoms with E-state index in [-0.39, 0.29) is 5.56 Å². The van der Waals surface area contributed by atoms with Crippen molar-refractivity contribution in [2.75, 3.05) is 0 Å². The highest BCUT2D eigenvalue weighted by Gasteiger charge is 2.15. The van der Waals surface area contributed by atoms with Crippen LogP contribution in [0.2, 0.25) is 0 Å². The van der Waals surface area contributed by atoms with Crippen LogP contribution in [0.5, 0.6) is 0 Å². The van der Waals surface area contributed by atoms with Crippen molar-refractivity contribution in [3.8, 4) is 0 Å². The third kappa shape index (κ3) is 1.75. The Morgan fingerprint density at radius 1 is 1.46 bits per heavy atom. The molecule has 0 bridgehead atoms. The van der Waals surface area contributed by atoms with E-state index in [2.05, 4.69) is 6.58 Å². The quantitative estimate of drug-likeness (QED) is 0.700. The van der Waals surface area contributed by atoms with Gasteiger partial charge in [0.1, 0.15) is 11.6 Å². The second-order valence-electron chi connectivity index (χ2n) is 2.85. The van der Waals surface area contributed by atoms with Crippen molar-refractivity contribution in [3.63, 3.8) is 0 Å². The van der Waals surface area contributed by atoms with Gasteiger partial charge in [-0.2, -0.15) is 0 Å². The summed E-state index contributed by atoms with van der Waals surface area (Å²) < 4.78 is 26.4. The Balaban J connectivity index is 3.32. The zero-order valence-corrected chi connectivity index (χ0v) is 7.35. The minimum Gasteiger partial charge on any atom is -0.321 e. The molecule has 0 aliphatic carbocycles. The van der Waals surface area contributed by atoms with Crippen molar-refractivity contribution < 1.29 is 8.78 Å². The number of nitrogens with two attached hydrogens (primary N) is 1. The van der Waals surface area contributed by atoms with Gasteiger partial charge in [-0.15, -0.1) is 6.58 Å². The van der Waals surface area contributed by atoms with Gasteiger partial charge in [-0.05, 0) is 18.6 Å². The molecule has 3 heteroatoms. The number of hydrogen-bond acceptors (Lipinski definition) is 1. The molecule has 0 aromatic heterocycles. The summed E-state index contributed by atoms with van der Waals surface area (Å²) in [4.78, 5) is 0. The van der Waals surface area contributed by atoms with E-state index in [1.807, 2.05) is 0 Å². The molecule has 1 rings (SSSR count). The Morgan fingerprint density at radius 3 is 2.62 bits per heavy atom. The Kier molecular flexibility index (Phi) is 2.78. The van der Waals surface area contributed by atoms with E-state index >= 15 is 0 Å². The van der Waals surface area contributed by atoms with E-state index < -0.39 is 17.7 Å². The van der Waals surface area contributed by atoms with E-state index in [0.717, 1.165) is 0 Å². The van der Waals surface area contributed by atoms with Crippen LogP contribution in [0.4, 0.5) is 8.78 Å². The number of hydrogen-bond donors (Lipinski definition) is 1. The number of aryl methyl sites for hydroxylation is 1. The van der Waals surface area contributed by atoms with Crippen LogP contribution in [0.1, 0.15) is 17.2 Å². The number of benzene rings is 1. The van der Waals surface area contributed by atoms with Crippen molar-refractivity contribution in [3.05, 3.63) is 47.5 Å². The summed E-state index contributed by atoms with van der Waals surface area (Å²) in [5.41, 5.74) is 5.73. The zero-order valence-electron chi connectivity index (χ0n) is 7.35. The second kappa shape index (κ2) is 3.66. The molecule has 1 aromatic carbocycles. The fourth-order valence-corrected chi connectivity index (χ4v) is 1.10. The van der Waals surface area contributed by atoms with E-state index in [0.29, 0.717) is 5.56 Å². The molecule has 1 aromatic rings. The SMILES string of the molecule is C=C[C@@H](N)c1c(F)ccc(C)c1F. The predicted molar refractivity (Wildman–Crippen MR) is 48.2 cm³/mol. The Bertz CT molecular complexity index is 334. The summed E-state index contributed by atoms with van der Waals surface area (Å²) in [7, 11) is 0. The summed E-state index contributed by atoms with van der Waals surface area (Å²) in [6.45, 7) is 4.95. The Labute approximate surface area is 75.9 Å². The zero-order chi connectivity index (χ0) is 10.0. The monoisotopic (exact) mass is 183 g/mol. The fraction of sp³-hybridized carbons (Fsp3) is 0.200. The molecule has 0 unspecified atom stereocenters. The molecule has 0 aliphatic heterocycles. The minimum absolute atomic E-state index is 0.116. The molecule has 1 nitrogen and oxygen atoms in total. The van der Waals surface area contributed by atoms with Crippen LogP contribution in [0.25, 0.3) is 0 Å². The molecule has 0 amide bonds. The maximum atomic E-state index is 13.3. The molecule has 0 saturated carbocycles. The van der Waals surface area contributed by atoms with E-state index in [4.69, 9.17) is 5.73 Å². The first-order valence-electron chi connectivity index (χ1n) is 3.90. The van der Waals surface area contributed by atoms with Gasteiger partial charge in [-0.3, -0.25) is 0 Å². The summed E-state index contributed by atoms with van der Waals surface area (Å²) in [6.07, 6.45) is 1.31. The van der Waals surface area contributed by atoms with Crippen LogP contribution in [-0.2, 0) is 0 Å². The van der Waals surface area contributed by atoms with Crippen LogP contribution < -0.4 is 5.73 Å². The molecule has 0 spiro atoms. The normalized spacial score (nSPS) is 12.6. The summed E-state index contributed by atoms with van der Waals surface area (Å²) in [6, 6.07) is 1.79. The molecule has 13 heavy (non-hydrogen) atoms. The molecule has 0 fully saturated rings. The van der Waals surface area contributed by atoms with Gasteiger partial charge < -0.3 is 5.73 Å². The van der Waals surface area contributed by atoms with E-state index in [1.54, 1.807) is 6.92 Å². The van der Waals surface area contributed by atoms with Gasteiger partial charge in [0.2, 0.25) is 0 Å². The van der Waals surface area contributed by atoms with Crippen LogP contribution in [0.15, 0.2) is 24.8 Å². The van der Waals surface area contributed by atoms with Crippen molar-refractivity contribution >= 4 is 0 Å². The first-order valence-corrected chi connectivity index (χ1v) is 3.90. The molecule has 2 N–H and O–H groups in total. The van der Waals surface area contributed by atoms with Crippen LogP contribution in [0, 0.1) is 18.6 Å². The van der Waals surface area contributed by atoms with Gasteiger partial charge in [-0.1, -0.05) is 12.1 Å². The summed E-state index contributed by atoms with van der Waals surface area (Å²) in [5, 5.41) is 0. The number of halogens is 2. The third-order valence-corrected chi connectivity index (χ3v) is 1.91. The molecule has 0 aliphatic rings. The summed E-state index contributed by atoms with van der Waals surface area (Å²) >= 11 is 0. The van der Waals surface area contributed by atoms with Crippen LogP contribution >= 0.6 is 0 Å². The molecule has 0 radical (unpaired) electrons.